The van der Waals surface area contributed by atoms with Crippen LogP contribution in [0.1, 0.15) is 47.3 Å². The number of carbonyl (C=O) groups excluding carboxylic acids is 1. The van der Waals surface area contributed by atoms with Gasteiger partial charge < -0.3 is 10.6 Å². The molecule has 2 unspecified atom stereocenters. The number of nitrogens with one attached hydrogen (secondary N) is 2. The highest BCUT2D eigenvalue weighted by Crippen LogP contribution is 2.43. The first kappa shape index (κ1) is 13.6. The van der Waals surface area contributed by atoms with Gasteiger partial charge in [0.2, 0.25) is 0 Å². The second-order valence-electron chi connectivity index (χ2n) is 5.86. The van der Waals surface area contributed by atoms with Gasteiger partial charge in [0, 0.05) is 23.4 Å². The summed E-state index contributed by atoms with van der Waals surface area (Å²) in [6.07, 6.45) is 6.10. The average Bonchev–Trinajstić information content (AvgIpc) is 3.11. The van der Waals surface area contributed by atoms with E-state index >= 15 is 0 Å². The van der Waals surface area contributed by atoms with Gasteiger partial charge in [0.05, 0.1) is 10.4 Å². The number of hydrogen-bond acceptors (Lipinski definition) is 4. The Morgan fingerprint density at radius 1 is 1.55 bits per heavy atom. The third-order valence-electron chi connectivity index (χ3n) is 4.70. The quantitative estimate of drug-likeness (QED) is 0.897. The van der Waals surface area contributed by atoms with Gasteiger partial charge in [-0.05, 0) is 38.3 Å². The topological polar surface area (TPSA) is 64.9 Å². The Morgan fingerprint density at radius 2 is 2.40 bits per heavy atom. The van der Waals surface area contributed by atoms with Gasteiger partial charge in [0.25, 0.3) is 5.91 Å². The van der Waals surface area contributed by atoms with Crippen molar-refractivity contribution in [3.63, 3.8) is 0 Å². The molecule has 4 nitrogen and oxygen atoms in total. The average molecular weight is 289 g/mol. The van der Waals surface area contributed by atoms with Crippen molar-refractivity contribution in [1.29, 1.82) is 5.26 Å². The molecule has 0 radical (unpaired) electrons. The molecule has 1 aliphatic carbocycles. The Labute approximate surface area is 123 Å². The lowest BCUT2D eigenvalue weighted by Gasteiger charge is -2.40. The Hall–Kier alpha value is -1.38. The fourth-order valence-electron chi connectivity index (χ4n) is 3.63. The molecule has 3 rings (SSSR count). The Morgan fingerprint density at radius 3 is 3.20 bits per heavy atom. The van der Waals surface area contributed by atoms with Crippen molar-refractivity contribution in [3.8, 4) is 6.07 Å². The molecule has 1 saturated heterocycles. The van der Waals surface area contributed by atoms with Crippen LogP contribution in [0.3, 0.4) is 0 Å². The molecule has 2 atom stereocenters. The molecule has 0 aromatic carbocycles. The number of rotatable bonds is 3. The summed E-state index contributed by atoms with van der Waals surface area (Å²) >= 11 is 1.34. The predicted octanol–water partition coefficient (Wildman–Crippen LogP) is 2.27. The number of fused-ring (bicyclic) bond motifs is 1. The van der Waals surface area contributed by atoms with Gasteiger partial charge in [-0.25, -0.2) is 0 Å². The van der Waals surface area contributed by atoms with Crippen molar-refractivity contribution in [3.05, 3.63) is 21.9 Å². The maximum atomic E-state index is 12.2. The van der Waals surface area contributed by atoms with E-state index < -0.39 is 0 Å². The third kappa shape index (κ3) is 2.46. The highest BCUT2D eigenvalue weighted by Gasteiger charge is 2.44. The van der Waals surface area contributed by atoms with Crippen LogP contribution in [0.15, 0.2) is 11.4 Å². The maximum Gasteiger partial charge on any atom is 0.261 e. The van der Waals surface area contributed by atoms with E-state index in [-0.39, 0.29) is 11.3 Å². The van der Waals surface area contributed by atoms with Gasteiger partial charge in [-0.15, -0.1) is 11.3 Å². The van der Waals surface area contributed by atoms with Crippen molar-refractivity contribution >= 4 is 17.2 Å². The smallest absolute Gasteiger partial charge is 0.261 e. The van der Waals surface area contributed by atoms with Crippen LogP contribution in [0.2, 0.25) is 0 Å². The minimum Gasteiger partial charge on any atom is -0.351 e. The van der Waals surface area contributed by atoms with E-state index in [2.05, 4.69) is 16.7 Å². The third-order valence-corrected chi connectivity index (χ3v) is 5.63. The van der Waals surface area contributed by atoms with Crippen molar-refractivity contribution in [2.75, 3.05) is 13.1 Å². The van der Waals surface area contributed by atoms with Crippen LogP contribution in [0.25, 0.3) is 0 Å². The molecule has 1 aromatic rings. The van der Waals surface area contributed by atoms with E-state index in [1.165, 1.54) is 43.4 Å². The van der Waals surface area contributed by atoms with Crippen LogP contribution in [-0.4, -0.2) is 25.0 Å². The van der Waals surface area contributed by atoms with Crippen molar-refractivity contribution in [1.82, 2.24) is 10.6 Å². The fourth-order valence-corrected chi connectivity index (χ4v) is 4.38. The molecule has 2 aliphatic rings. The van der Waals surface area contributed by atoms with Crippen molar-refractivity contribution < 1.29 is 4.79 Å². The lowest BCUT2D eigenvalue weighted by atomic mass is 9.76. The number of nitrogens with zero attached hydrogens (tertiary/aromatic N) is 1. The molecular formula is C15H19N3OS. The van der Waals surface area contributed by atoms with E-state index in [0.717, 1.165) is 13.1 Å². The fraction of sp³-hybridized carbons (Fsp3) is 0.600. The van der Waals surface area contributed by atoms with Crippen LogP contribution in [0, 0.1) is 16.7 Å². The number of hydrogen-bond donors (Lipinski definition) is 2. The number of nitriles is 1. The maximum absolute atomic E-state index is 12.2. The molecule has 2 fully saturated rings. The minimum atomic E-state index is -0.0397. The zero-order valence-electron chi connectivity index (χ0n) is 11.4. The summed E-state index contributed by atoms with van der Waals surface area (Å²) in [6.45, 7) is 1.86. The lowest BCUT2D eigenvalue weighted by molar-refractivity contribution is 0.0903. The second-order valence-corrected chi connectivity index (χ2v) is 6.77. The number of carbonyl (C=O) groups is 1. The van der Waals surface area contributed by atoms with Crippen molar-refractivity contribution in [2.24, 2.45) is 5.41 Å². The summed E-state index contributed by atoms with van der Waals surface area (Å²) in [7, 11) is 0. The molecule has 2 heterocycles. The summed E-state index contributed by atoms with van der Waals surface area (Å²) in [4.78, 5) is 12.8. The highest BCUT2D eigenvalue weighted by atomic mass is 32.1. The van der Waals surface area contributed by atoms with E-state index in [0.29, 0.717) is 16.5 Å². The van der Waals surface area contributed by atoms with Gasteiger partial charge in [0.15, 0.2) is 0 Å². The largest absolute Gasteiger partial charge is 0.351 e. The monoisotopic (exact) mass is 289 g/mol. The summed E-state index contributed by atoms with van der Waals surface area (Å²) in [6, 6.07) is 4.30. The standard InChI is InChI=1S/C15H19N3OS/c16-8-11-7-12(20-9-11)14(19)18-10-15-4-1-3-13(15)17-6-2-5-15/h7,9,13,17H,1-6,10H2,(H,18,19). The van der Waals surface area contributed by atoms with Crippen LogP contribution >= 0.6 is 11.3 Å². The molecule has 1 aliphatic heterocycles. The molecule has 5 heteroatoms. The van der Waals surface area contributed by atoms with Gasteiger partial charge in [-0.2, -0.15) is 5.26 Å². The molecule has 0 bridgehead atoms. The molecule has 20 heavy (non-hydrogen) atoms. The van der Waals surface area contributed by atoms with Gasteiger partial charge in [0.1, 0.15) is 6.07 Å². The predicted molar refractivity (Wildman–Crippen MR) is 78.7 cm³/mol. The van der Waals surface area contributed by atoms with E-state index in [1.807, 2.05) is 0 Å². The molecule has 106 valence electrons. The number of piperidine rings is 1. The van der Waals surface area contributed by atoms with Crippen LogP contribution in [0.4, 0.5) is 0 Å². The molecule has 1 amide bonds. The zero-order chi connectivity index (χ0) is 14.0. The SMILES string of the molecule is N#Cc1csc(C(=O)NCC23CCCNC2CCC3)c1. The summed E-state index contributed by atoms with van der Waals surface area (Å²) < 4.78 is 0. The minimum absolute atomic E-state index is 0.0397. The van der Waals surface area contributed by atoms with Gasteiger partial charge in [-0.1, -0.05) is 6.42 Å². The summed E-state index contributed by atoms with van der Waals surface area (Å²) in [5.74, 6) is -0.0397. The Bertz CT molecular complexity index is 548. The second kappa shape index (κ2) is 5.55. The number of amides is 1. The van der Waals surface area contributed by atoms with E-state index in [9.17, 15) is 4.79 Å². The van der Waals surface area contributed by atoms with E-state index in [4.69, 9.17) is 5.26 Å². The molecule has 2 N–H and O–H groups in total. The summed E-state index contributed by atoms with van der Waals surface area (Å²) in [5.41, 5.74) is 0.819. The van der Waals surface area contributed by atoms with Gasteiger partial charge in [-0.3, -0.25) is 4.79 Å². The zero-order valence-corrected chi connectivity index (χ0v) is 12.3. The van der Waals surface area contributed by atoms with Crippen LogP contribution in [-0.2, 0) is 0 Å². The van der Waals surface area contributed by atoms with Crippen LogP contribution < -0.4 is 10.6 Å². The Kier molecular flexibility index (Phi) is 3.77. The molecular weight excluding hydrogens is 270 g/mol. The number of thiophene rings is 1. The molecule has 1 aromatic heterocycles. The van der Waals surface area contributed by atoms with Crippen molar-refractivity contribution in [2.45, 2.75) is 38.1 Å². The first-order chi connectivity index (χ1) is 9.73. The van der Waals surface area contributed by atoms with Gasteiger partial charge >= 0.3 is 0 Å². The Balaban J connectivity index is 1.64. The van der Waals surface area contributed by atoms with Crippen LogP contribution in [0.5, 0.6) is 0 Å². The molecule has 1 saturated carbocycles. The first-order valence-corrected chi connectivity index (χ1v) is 8.12. The normalized spacial score (nSPS) is 28.6. The highest BCUT2D eigenvalue weighted by molar-refractivity contribution is 7.12. The molecule has 0 spiro atoms. The summed E-state index contributed by atoms with van der Waals surface area (Å²) in [5, 5.41) is 17.2. The first-order valence-electron chi connectivity index (χ1n) is 7.24. The van der Waals surface area contributed by atoms with E-state index in [1.54, 1.807) is 11.4 Å². The lowest BCUT2D eigenvalue weighted by Crippen LogP contribution is -2.51.